The molecule has 1 saturated carbocycles. The van der Waals surface area contributed by atoms with E-state index in [1.807, 2.05) is 32.1 Å². The zero-order valence-corrected chi connectivity index (χ0v) is 23.5. The molecule has 0 aliphatic heterocycles. The number of halogens is 1. The van der Waals surface area contributed by atoms with Crippen molar-refractivity contribution >= 4 is 40.0 Å². The van der Waals surface area contributed by atoms with E-state index in [0.29, 0.717) is 40.5 Å². The number of benzene rings is 2. The number of nitrogens with one attached hydrogen (secondary N) is 2. The number of likely N-dealkylation sites (N-methyl/N-ethyl adjacent to an activating group) is 2. The Bertz CT molecular complexity index is 1670. The Morgan fingerprint density at radius 2 is 1.93 bits per heavy atom. The average molecular weight is 561 g/mol. The largest absolute Gasteiger partial charge is 0.494 e. The van der Waals surface area contributed by atoms with Gasteiger partial charge in [0.1, 0.15) is 17.4 Å². The molecule has 4 aromatic rings. The molecule has 0 spiro atoms. The van der Waals surface area contributed by atoms with Gasteiger partial charge in [-0.25, -0.2) is 18.7 Å². The van der Waals surface area contributed by atoms with Gasteiger partial charge in [0.05, 0.1) is 35.2 Å². The number of carbonyl (C=O) groups is 1. The summed E-state index contributed by atoms with van der Waals surface area (Å²) < 4.78 is 22.9. The predicted octanol–water partition coefficient (Wildman–Crippen LogP) is 3.93. The minimum Gasteiger partial charge on any atom is -0.494 e. The van der Waals surface area contributed by atoms with Crippen molar-refractivity contribution in [2.75, 3.05) is 56.9 Å². The molecule has 1 aliphatic rings. The highest BCUT2D eigenvalue weighted by Crippen LogP contribution is 2.38. The monoisotopic (exact) mass is 560 g/mol. The molecule has 1 amide bonds. The van der Waals surface area contributed by atoms with Crippen molar-refractivity contribution in [1.82, 2.24) is 24.0 Å². The summed E-state index contributed by atoms with van der Waals surface area (Å²) in [4.78, 5) is 38.8. The first kappa shape index (κ1) is 27.8. The quantitative estimate of drug-likeness (QED) is 0.266. The van der Waals surface area contributed by atoms with Crippen LogP contribution in [0.2, 0.25) is 0 Å². The number of ether oxygens (including phenoxy) is 1. The van der Waals surface area contributed by atoms with E-state index >= 15 is 0 Å². The van der Waals surface area contributed by atoms with Gasteiger partial charge >= 0.3 is 5.69 Å². The minimum atomic E-state index is -0.406. The first-order chi connectivity index (χ1) is 19.7. The summed E-state index contributed by atoms with van der Waals surface area (Å²) in [6.45, 7) is 5.07. The molecule has 12 heteroatoms. The van der Waals surface area contributed by atoms with Crippen molar-refractivity contribution in [3.8, 4) is 11.6 Å². The highest BCUT2D eigenvalue weighted by Gasteiger charge is 2.30. The summed E-state index contributed by atoms with van der Waals surface area (Å²) in [6.07, 6.45) is 4.49. The number of carbonyl (C=O) groups excluding carboxylic acids is 1. The zero-order valence-electron chi connectivity index (χ0n) is 23.5. The molecule has 1 fully saturated rings. The summed E-state index contributed by atoms with van der Waals surface area (Å²) in [5.74, 6) is 0.278. The molecule has 41 heavy (non-hydrogen) atoms. The number of methoxy groups -OCH3 is 1. The number of fused-ring (bicyclic) bond motifs is 1. The lowest BCUT2D eigenvalue weighted by atomic mass is 10.2. The van der Waals surface area contributed by atoms with Gasteiger partial charge in [-0.2, -0.15) is 4.98 Å². The molecule has 2 N–H and O–H groups in total. The maximum Gasteiger partial charge on any atom is 0.335 e. The van der Waals surface area contributed by atoms with E-state index in [0.717, 1.165) is 25.1 Å². The van der Waals surface area contributed by atoms with Gasteiger partial charge in [0.15, 0.2) is 0 Å². The standard InChI is InChI=1S/C29H33FN8O3/c1-6-27(39)32-20-16-21(25(41-5)17-23(20)36(4)14-13-35(2)3)33-28-31-12-11-26(34-28)38-22-10-7-18(30)15-24(22)37(29(38)40)19-8-9-19/h6-7,10-12,15-17,19H,1,8-9,13-14H2,2-5H3,(H,32,39)(H,31,33,34). The number of amides is 1. The molecule has 2 heterocycles. The Kier molecular flexibility index (Phi) is 7.75. The molecule has 0 saturated heterocycles. The number of rotatable bonds is 11. The van der Waals surface area contributed by atoms with E-state index in [-0.39, 0.29) is 23.6 Å². The van der Waals surface area contributed by atoms with Gasteiger partial charge in [-0.1, -0.05) is 6.58 Å². The highest BCUT2D eigenvalue weighted by atomic mass is 19.1. The topological polar surface area (TPSA) is 110 Å². The number of nitrogens with zero attached hydrogens (tertiary/aromatic N) is 6. The Labute approximate surface area is 236 Å². The van der Waals surface area contributed by atoms with Gasteiger partial charge in [0, 0.05) is 44.5 Å². The second kappa shape index (κ2) is 11.4. The summed E-state index contributed by atoms with van der Waals surface area (Å²) in [7, 11) is 7.47. The van der Waals surface area contributed by atoms with Gasteiger partial charge in [-0.05, 0) is 57.3 Å². The fourth-order valence-corrected chi connectivity index (χ4v) is 4.66. The fraction of sp³-hybridized carbons (Fsp3) is 0.310. The van der Waals surface area contributed by atoms with Crippen LogP contribution >= 0.6 is 0 Å². The first-order valence-corrected chi connectivity index (χ1v) is 13.2. The number of imidazole rings is 1. The lowest BCUT2D eigenvalue weighted by Gasteiger charge is -2.26. The molecule has 0 atom stereocenters. The lowest BCUT2D eigenvalue weighted by molar-refractivity contribution is -0.111. The van der Waals surface area contributed by atoms with E-state index in [4.69, 9.17) is 4.74 Å². The number of hydrogen-bond acceptors (Lipinski definition) is 8. The van der Waals surface area contributed by atoms with Gasteiger partial charge in [-0.15, -0.1) is 0 Å². The summed E-state index contributed by atoms with van der Waals surface area (Å²) in [5.41, 5.74) is 2.61. The van der Waals surface area contributed by atoms with Crippen LogP contribution in [0.5, 0.6) is 5.75 Å². The van der Waals surface area contributed by atoms with Crippen LogP contribution in [0.4, 0.5) is 27.4 Å². The Morgan fingerprint density at radius 3 is 2.61 bits per heavy atom. The summed E-state index contributed by atoms with van der Waals surface area (Å²) in [6, 6.07) is 9.54. The van der Waals surface area contributed by atoms with E-state index in [9.17, 15) is 14.0 Å². The minimum absolute atomic E-state index is 0.0512. The fourth-order valence-electron chi connectivity index (χ4n) is 4.66. The first-order valence-electron chi connectivity index (χ1n) is 13.2. The SMILES string of the molecule is C=CC(=O)Nc1cc(Nc2nccc(-n3c(=O)n(C4CC4)c4cc(F)ccc43)n2)c(OC)cc1N(C)CCN(C)C. The van der Waals surface area contributed by atoms with Gasteiger partial charge < -0.3 is 25.2 Å². The van der Waals surface area contributed by atoms with Crippen LogP contribution in [0, 0.1) is 5.82 Å². The van der Waals surface area contributed by atoms with Crippen molar-refractivity contribution < 1.29 is 13.9 Å². The van der Waals surface area contributed by atoms with Crippen LogP contribution in [-0.2, 0) is 4.79 Å². The molecule has 1 aliphatic carbocycles. The number of aromatic nitrogens is 4. The van der Waals surface area contributed by atoms with Crippen LogP contribution in [0.25, 0.3) is 16.9 Å². The number of hydrogen-bond donors (Lipinski definition) is 2. The van der Waals surface area contributed by atoms with Crippen LogP contribution in [0.3, 0.4) is 0 Å². The summed E-state index contributed by atoms with van der Waals surface area (Å²) in [5, 5.41) is 6.03. The maximum absolute atomic E-state index is 14.1. The van der Waals surface area contributed by atoms with Crippen LogP contribution in [0.15, 0.2) is 60.0 Å². The molecule has 214 valence electrons. The van der Waals surface area contributed by atoms with E-state index in [2.05, 4.69) is 32.1 Å². The summed E-state index contributed by atoms with van der Waals surface area (Å²) >= 11 is 0. The van der Waals surface area contributed by atoms with Crippen LogP contribution in [0.1, 0.15) is 18.9 Å². The molecular formula is C29H33FN8O3. The van der Waals surface area contributed by atoms with E-state index in [1.54, 1.807) is 29.9 Å². The molecular weight excluding hydrogens is 527 g/mol. The van der Waals surface area contributed by atoms with Gasteiger partial charge in [0.25, 0.3) is 0 Å². The smallest absolute Gasteiger partial charge is 0.335 e. The lowest BCUT2D eigenvalue weighted by Crippen LogP contribution is -2.29. The Balaban J connectivity index is 1.54. The maximum atomic E-state index is 14.1. The molecule has 5 rings (SSSR count). The molecule has 0 bridgehead atoms. The molecule has 0 radical (unpaired) electrons. The van der Waals surface area contributed by atoms with Crippen molar-refractivity contribution in [3.63, 3.8) is 0 Å². The van der Waals surface area contributed by atoms with Crippen molar-refractivity contribution in [2.45, 2.75) is 18.9 Å². The third-order valence-corrected chi connectivity index (χ3v) is 6.92. The zero-order chi connectivity index (χ0) is 29.3. The second-order valence-corrected chi connectivity index (χ2v) is 10.2. The van der Waals surface area contributed by atoms with Crippen LogP contribution in [-0.4, -0.2) is 71.3 Å². The Morgan fingerprint density at radius 1 is 1.15 bits per heavy atom. The van der Waals surface area contributed by atoms with Crippen molar-refractivity contribution in [3.05, 3.63) is 71.6 Å². The van der Waals surface area contributed by atoms with E-state index < -0.39 is 5.82 Å². The third-order valence-electron chi connectivity index (χ3n) is 6.92. The number of anilines is 4. The highest BCUT2D eigenvalue weighted by molar-refractivity contribution is 6.02. The van der Waals surface area contributed by atoms with E-state index in [1.165, 1.54) is 29.0 Å². The molecule has 2 aromatic carbocycles. The van der Waals surface area contributed by atoms with Gasteiger partial charge in [0.2, 0.25) is 11.9 Å². The second-order valence-electron chi connectivity index (χ2n) is 10.2. The third kappa shape index (κ3) is 5.78. The van der Waals surface area contributed by atoms with Gasteiger partial charge in [-0.3, -0.25) is 9.36 Å². The molecule has 2 aromatic heterocycles. The van der Waals surface area contributed by atoms with Crippen molar-refractivity contribution in [2.24, 2.45) is 0 Å². The molecule has 11 nitrogen and oxygen atoms in total. The Hall–Kier alpha value is -4.71. The normalized spacial score (nSPS) is 12.9. The van der Waals surface area contributed by atoms with Crippen molar-refractivity contribution in [1.29, 1.82) is 0 Å². The predicted molar refractivity (Wildman–Crippen MR) is 158 cm³/mol. The molecule has 0 unspecified atom stereocenters. The average Bonchev–Trinajstić information content (AvgIpc) is 3.74. The van der Waals surface area contributed by atoms with Crippen LogP contribution < -0.4 is 26.0 Å².